The second-order valence-corrected chi connectivity index (χ2v) is 6.42. The zero-order valence-electron chi connectivity index (χ0n) is 13.5. The van der Waals surface area contributed by atoms with Gasteiger partial charge in [-0.3, -0.25) is 4.79 Å². The van der Waals surface area contributed by atoms with Crippen molar-refractivity contribution in [3.8, 4) is 5.69 Å². The molecule has 1 aromatic heterocycles. The highest BCUT2D eigenvalue weighted by molar-refractivity contribution is 6.30. The van der Waals surface area contributed by atoms with Crippen LogP contribution in [0.25, 0.3) is 5.69 Å². The Hall–Kier alpha value is -1.85. The summed E-state index contributed by atoms with van der Waals surface area (Å²) >= 11 is 6.04. The molecule has 0 radical (unpaired) electrons. The molecule has 0 spiro atoms. The highest BCUT2D eigenvalue weighted by Gasteiger charge is 2.30. The summed E-state index contributed by atoms with van der Waals surface area (Å²) in [6, 6.07) is 7.49. The van der Waals surface area contributed by atoms with Gasteiger partial charge in [0.05, 0.1) is 41.9 Å². The topological polar surface area (TPSA) is 47.4 Å². The first kappa shape index (κ1) is 16.0. The maximum atomic E-state index is 12.9. The van der Waals surface area contributed by atoms with Crippen molar-refractivity contribution in [3.63, 3.8) is 0 Å². The molecule has 6 heteroatoms. The highest BCUT2D eigenvalue weighted by atomic mass is 35.5. The number of carbonyl (C=O) groups excluding carboxylic acids is 1. The van der Waals surface area contributed by atoms with Gasteiger partial charge in [-0.2, -0.15) is 5.10 Å². The second-order valence-electron chi connectivity index (χ2n) is 5.99. The van der Waals surface area contributed by atoms with Crippen molar-refractivity contribution >= 4 is 17.5 Å². The minimum absolute atomic E-state index is 0.00146. The summed E-state index contributed by atoms with van der Waals surface area (Å²) in [5, 5.41) is 5.01. The molecule has 23 heavy (non-hydrogen) atoms. The number of benzene rings is 1. The van der Waals surface area contributed by atoms with Crippen LogP contribution in [0, 0.1) is 6.92 Å². The summed E-state index contributed by atoms with van der Waals surface area (Å²) in [5.41, 5.74) is 2.27. The number of morpholine rings is 1. The van der Waals surface area contributed by atoms with E-state index in [1.54, 1.807) is 10.9 Å². The van der Waals surface area contributed by atoms with E-state index in [9.17, 15) is 4.79 Å². The molecule has 0 bridgehead atoms. The number of hydrogen-bond acceptors (Lipinski definition) is 3. The Morgan fingerprint density at radius 1 is 1.39 bits per heavy atom. The molecule has 1 fully saturated rings. The average molecular weight is 334 g/mol. The van der Waals surface area contributed by atoms with Crippen molar-refractivity contribution in [2.75, 3.05) is 13.2 Å². The lowest BCUT2D eigenvalue weighted by atomic mass is 10.1. The molecule has 1 aliphatic heterocycles. The second kappa shape index (κ2) is 6.34. The monoisotopic (exact) mass is 333 g/mol. The van der Waals surface area contributed by atoms with Crippen LogP contribution in [0.4, 0.5) is 0 Å². The van der Waals surface area contributed by atoms with Crippen molar-refractivity contribution in [2.24, 2.45) is 0 Å². The van der Waals surface area contributed by atoms with Crippen LogP contribution in [-0.4, -0.2) is 45.9 Å². The molecule has 5 nitrogen and oxygen atoms in total. The first-order chi connectivity index (χ1) is 11.0. The van der Waals surface area contributed by atoms with Crippen molar-refractivity contribution < 1.29 is 9.53 Å². The first-order valence-corrected chi connectivity index (χ1v) is 8.08. The van der Waals surface area contributed by atoms with Gasteiger partial charge in [0, 0.05) is 11.6 Å². The smallest absolute Gasteiger partial charge is 0.257 e. The van der Waals surface area contributed by atoms with Gasteiger partial charge in [-0.15, -0.1) is 0 Å². The molecule has 0 saturated carbocycles. The third-order valence-corrected chi connectivity index (χ3v) is 4.40. The number of carbonyl (C=O) groups is 1. The Balaban J connectivity index is 1.91. The molecule has 1 aliphatic rings. The van der Waals surface area contributed by atoms with Gasteiger partial charge in [0.2, 0.25) is 0 Å². The van der Waals surface area contributed by atoms with E-state index in [0.29, 0.717) is 23.7 Å². The van der Waals surface area contributed by atoms with E-state index < -0.39 is 0 Å². The van der Waals surface area contributed by atoms with Gasteiger partial charge in [-0.1, -0.05) is 17.7 Å². The Morgan fingerprint density at radius 3 is 2.91 bits per heavy atom. The van der Waals surface area contributed by atoms with Crippen molar-refractivity contribution in [1.82, 2.24) is 14.7 Å². The lowest BCUT2D eigenvalue weighted by Crippen LogP contribution is -2.50. The zero-order valence-corrected chi connectivity index (χ0v) is 14.2. The number of aromatic nitrogens is 2. The number of halogens is 1. The van der Waals surface area contributed by atoms with Crippen molar-refractivity contribution in [1.29, 1.82) is 0 Å². The molecule has 2 atom stereocenters. The minimum Gasteiger partial charge on any atom is -0.375 e. The quantitative estimate of drug-likeness (QED) is 0.848. The molecule has 0 aliphatic carbocycles. The molecular weight excluding hydrogens is 314 g/mol. The van der Waals surface area contributed by atoms with Gasteiger partial charge in [0.25, 0.3) is 5.91 Å². The third-order valence-electron chi connectivity index (χ3n) is 4.16. The van der Waals surface area contributed by atoms with Crippen LogP contribution in [-0.2, 0) is 4.74 Å². The van der Waals surface area contributed by atoms with Gasteiger partial charge in [0.1, 0.15) is 0 Å². The van der Waals surface area contributed by atoms with Gasteiger partial charge in [-0.25, -0.2) is 4.68 Å². The fourth-order valence-electron chi connectivity index (χ4n) is 2.83. The van der Waals surface area contributed by atoms with Gasteiger partial charge in [0.15, 0.2) is 0 Å². The molecule has 1 amide bonds. The molecular formula is C17H20ClN3O2. The number of nitrogens with zero attached hydrogens (tertiary/aromatic N) is 3. The molecule has 3 rings (SSSR count). The SMILES string of the molecule is Cc1c(C(=O)N2CC(C)OCC2C)cnn1-c1cccc(Cl)c1. The van der Waals surface area contributed by atoms with Crippen LogP contribution >= 0.6 is 11.6 Å². The predicted octanol–water partition coefficient (Wildman–Crippen LogP) is 3.08. The average Bonchev–Trinajstić information content (AvgIpc) is 2.90. The van der Waals surface area contributed by atoms with Crippen LogP contribution in [0.15, 0.2) is 30.5 Å². The summed E-state index contributed by atoms with van der Waals surface area (Å²) in [6.45, 7) is 7.04. The summed E-state index contributed by atoms with van der Waals surface area (Å²) in [4.78, 5) is 14.7. The largest absolute Gasteiger partial charge is 0.375 e. The van der Waals surface area contributed by atoms with E-state index in [1.165, 1.54) is 0 Å². The lowest BCUT2D eigenvalue weighted by Gasteiger charge is -2.36. The van der Waals surface area contributed by atoms with E-state index in [-0.39, 0.29) is 18.1 Å². The number of ether oxygens (including phenoxy) is 1. The Morgan fingerprint density at radius 2 is 2.17 bits per heavy atom. The van der Waals surface area contributed by atoms with Crippen LogP contribution < -0.4 is 0 Å². The van der Waals surface area contributed by atoms with E-state index in [0.717, 1.165) is 11.4 Å². The van der Waals surface area contributed by atoms with E-state index in [4.69, 9.17) is 16.3 Å². The molecule has 1 saturated heterocycles. The fourth-order valence-corrected chi connectivity index (χ4v) is 3.01. The van der Waals surface area contributed by atoms with Crippen LogP contribution in [0.2, 0.25) is 5.02 Å². The maximum Gasteiger partial charge on any atom is 0.257 e. The number of rotatable bonds is 2. The predicted molar refractivity (Wildman–Crippen MR) is 89.2 cm³/mol. The van der Waals surface area contributed by atoms with Crippen molar-refractivity contribution in [2.45, 2.75) is 32.9 Å². The Labute approximate surface area is 140 Å². The van der Waals surface area contributed by atoms with Gasteiger partial charge in [-0.05, 0) is 39.0 Å². The van der Waals surface area contributed by atoms with E-state index in [1.807, 2.05) is 49.9 Å². The van der Waals surface area contributed by atoms with Gasteiger partial charge < -0.3 is 9.64 Å². The standard InChI is InChI=1S/C17H20ClN3O2/c1-11-10-23-12(2)9-20(11)17(22)16-8-19-21(13(16)3)15-6-4-5-14(18)7-15/h4-8,11-12H,9-10H2,1-3H3. The summed E-state index contributed by atoms with van der Waals surface area (Å²) in [5.74, 6) is -0.00146. The molecule has 0 N–H and O–H groups in total. The fraction of sp³-hybridized carbons (Fsp3) is 0.412. The van der Waals surface area contributed by atoms with Crippen molar-refractivity contribution in [3.05, 3.63) is 46.7 Å². The third kappa shape index (κ3) is 3.12. The first-order valence-electron chi connectivity index (χ1n) is 7.70. The Kier molecular flexibility index (Phi) is 4.41. The van der Waals surface area contributed by atoms with Gasteiger partial charge >= 0.3 is 0 Å². The number of amides is 1. The summed E-state index contributed by atoms with van der Waals surface area (Å²) in [7, 11) is 0. The summed E-state index contributed by atoms with van der Waals surface area (Å²) < 4.78 is 7.34. The molecule has 2 aromatic rings. The zero-order chi connectivity index (χ0) is 16.6. The molecule has 1 aromatic carbocycles. The molecule has 122 valence electrons. The van der Waals surface area contributed by atoms with Crippen LogP contribution in [0.1, 0.15) is 29.9 Å². The minimum atomic E-state index is -0.00146. The molecule has 2 unspecified atom stereocenters. The summed E-state index contributed by atoms with van der Waals surface area (Å²) in [6.07, 6.45) is 1.68. The highest BCUT2D eigenvalue weighted by Crippen LogP contribution is 2.21. The van der Waals surface area contributed by atoms with Crippen LogP contribution in [0.5, 0.6) is 0 Å². The molecule has 2 heterocycles. The van der Waals surface area contributed by atoms with Crippen LogP contribution in [0.3, 0.4) is 0 Å². The lowest BCUT2D eigenvalue weighted by molar-refractivity contribution is -0.0387. The van der Waals surface area contributed by atoms with E-state index >= 15 is 0 Å². The normalized spacial score (nSPS) is 21.5. The number of hydrogen-bond donors (Lipinski definition) is 0. The Bertz CT molecular complexity index is 728. The van der Waals surface area contributed by atoms with E-state index in [2.05, 4.69) is 5.10 Å². The maximum absolute atomic E-state index is 12.9.